The first-order chi connectivity index (χ1) is 8.69. The summed E-state index contributed by atoms with van der Waals surface area (Å²) in [6.07, 6.45) is 0. The van der Waals surface area contributed by atoms with E-state index in [1.54, 1.807) is 24.3 Å². The van der Waals surface area contributed by atoms with E-state index in [9.17, 15) is 4.39 Å². The molecule has 0 amide bonds. The van der Waals surface area contributed by atoms with Crippen LogP contribution in [-0.4, -0.2) is 11.6 Å². The van der Waals surface area contributed by atoms with Gasteiger partial charge in [-0.25, -0.2) is 4.39 Å². The summed E-state index contributed by atoms with van der Waals surface area (Å²) in [5.41, 5.74) is 6.12. The lowest BCUT2D eigenvalue weighted by Gasteiger charge is -2.09. The van der Waals surface area contributed by atoms with Crippen molar-refractivity contribution in [3.63, 3.8) is 0 Å². The van der Waals surface area contributed by atoms with Crippen molar-refractivity contribution < 1.29 is 13.9 Å². The number of rotatable bonds is 4. The van der Waals surface area contributed by atoms with Crippen molar-refractivity contribution in [2.24, 2.45) is 0 Å². The molecular weight excluding hydrogens is 235 g/mol. The second kappa shape index (κ2) is 5.35. The van der Waals surface area contributed by atoms with Crippen LogP contribution in [0.5, 0.6) is 17.5 Å². The molecule has 2 aromatic rings. The minimum atomic E-state index is -0.368. The van der Waals surface area contributed by atoms with E-state index in [0.29, 0.717) is 29.8 Å². The Labute approximate surface area is 104 Å². The molecule has 0 unspecified atom stereocenters. The van der Waals surface area contributed by atoms with Crippen molar-refractivity contribution in [3.8, 4) is 17.5 Å². The third-order valence-electron chi connectivity index (χ3n) is 2.16. The highest BCUT2D eigenvalue weighted by Crippen LogP contribution is 2.26. The summed E-state index contributed by atoms with van der Waals surface area (Å²) in [4.78, 5) is 4.10. The average Bonchev–Trinajstić information content (AvgIpc) is 2.34. The first-order valence-electron chi connectivity index (χ1n) is 5.52. The number of benzene rings is 1. The SMILES string of the molecule is CCOc1nc(Oc2cccc(F)c2)ccc1N. The molecular formula is C13H13FN2O2. The van der Waals surface area contributed by atoms with E-state index >= 15 is 0 Å². The van der Waals surface area contributed by atoms with E-state index in [-0.39, 0.29) is 5.82 Å². The van der Waals surface area contributed by atoms with Crippen LogP contribution in [0.2, 0.25) is 0 Å². The van der Waals surface area contributed by atoms with E-state index in [1.807, 2.05) is 6.92 Å². The molecule has 0 fully saturated rings. The van der Waals surface area contributed by atoms with Crippen LogP contribution in [0.15, 0.2) is 36.4 Å². The zero-order valence-electron chi connectivity index (χ0n) is 9.89. The first kappa shape index (κ1) is 12.2. The maximum Gasteiger partial charge on any atom is 0.240 e. The predicted octanol–water partition coefficient (Wildman–Crippen LogP) is 2.99. The zero-order valence-corrected chi connectivity index (χ0v) is 9.89. The standard InChI is InChI=1S/C13H13FN2O2/c1-2-17-13-11(15)6-7-12(16-13)18-10-5-3-4-9(14)8-10/h3-8H,2,15H2,1H3. The molecule has 0 aliphatic heterocycles. The zero-order chi connectivity index (χ0) is 13.0. The number of halogens is 1. The monoisotopic (exact) mass is 248 g/mol. The maximum absolute atomic E-state index is 13.0. The molecule has 0 atom stereocenters. The predicted molar refractivity (Wildman–Crippen MR) is 66.3 cm³/mol. The van der Waals surface area contributed by atoms with Gasteiger partial charge >= 0.3 is 0 Å². The Morgan fingerprint density at radius 2 is 2.11 bits per heavy atom. The van der Waals surface area contributed by atoms with Gasteiger partial charge in [0.1, 0.15) is 11.6 Å². The van der Waals surface area contributed by atoms with Crippen LogP contribution >= 0.6 is 0 Å². The van der Waals surface area contributed by atoms with Gasteiger partial charge < -0.3 is 15.2 Å². The van der Waals surface area contributed by atoms with E-state index in [4.69, 9.17) is 15.2 Å². The van der Waals surface area contributed by atoms with Gasteiger partial charge in [-0.3, -0.25) is 0 Å². The van der Waals surface area contributed by atoms with Crippen LogP contribution in [0.3, 0.4) is 0 Å². The molecule has 0 radical (unpaired) electrons. The van der Waals surface area contributed by atoms with E-state index in [2.05, 4.69) is 4.98 Å². The van der Waals surface area contributed by atoms with Gasteiger partial charge in [0, 0.05) is 12.1 Å². The minimum absolute atomic E-state index is 0.304. The maximum atomic E-state index is 13.0. The Morgan fingerprint density at radius 3 is 2.83 bits per heavy atom. The summed E-state index contributed by atoms with van der Waals surface area (Å²) < 4.78 is 23.7. The number of nitrogen functional groups attached to an aromatic ring is 1. The number of anilines is 1. The Kier molecular flexibility index (Phi) is 3.62. The van der Waals surface area contributed by atoms with Gasteiger partial charge in [-0.2, -0.15) is 4.98 Å². The molecule has 1 aromatic heterocycles. The lowest BCUT2D eigenvalue weighted by molar-refractivity contribution is 0.323. The minimum Gasteiger partial charge on any atom is -0.476 e. The summed E-state index contributed by atoms with van der Waals surface area (Å²) in [6.45, 7) is 2.29. The molecule has 0 spiro atoms. The molecule has 2 rings (SSSR count). The quantitative estimate of drug-likeness (QED) is 0.903. The second-order valence-electron chi connectivity index (χ2n) is 3.54. The number of nitrogens with two attached hydrogens (primary N) is 1. The van der Waals surface area contributed by atoms with Gasteiger partial charge in [0.2, 0.25) is 11.8 Å². The highest BCUT2D eigenvalue weighted by Gasteiger charge is 2.06. The Balaban J connectivity index is 2.21. The molecule has 0 aliphatic rings. The molecule has 1 heterocycles. The molecule has 5 heteroatoms. The van der Waals surface area contributed by atoms with Crippen molar-refractivity contribution in [1.29, 1.82) is 0 Å². The lowest BCUT2D eigenvalue weighted by atomic mass is 10.3. The Bertz CT molecular complexity index is 546. The number of nitrogens with zero attached hydrogens (tertiary/aromatic N) is 1. The molecule has 1 aromatic carbocycles. The Hall–Kier alpha value is -2.30. The van der Waals surface area contributed by atoms with Gasteiger partial charge in [0.15, 0.2) is 0 Å². The third kappa shape index (κ3) is 2.88. The molecule has 2 N–H and O–H groups in total. The van der Waals surface area contributed by atoms with Crippen LogP contribution in [0.4, 0.5) is 10.1 Å². The van der Waals surface area contributed by atoms with Crippen molar-refractivity contribution in [1.82, 2.24) is 4.98 Å². The molecule has 18 heavy (non-hydrogen) atoms. The highest BCUT2D eigenvalue weighted by molar-refractivity contribution is 5.49. The van der Waals surface area contributed by atoms with Gasteiger partial charge in [0.25, 0.3) is 0 Å². The average molecular weight is 248 g/mol. The van der Waals surface area contributed by atoms with Gasteiger partial charge in [-0.15, -0.1) is 0 Å². The number of hydrogen-bond donors (Lipinski definition) is 1. The first-order valence-corrected chi connectivity index (χ1v) is 5.52. The number of hydrogen-bond acceptors (Lipinski definition) is 4. The molecule has 0 aliphatic carbocycles. The van der Waals surface area contributed by atoms with Crippen LogP contribution in [0.25, 0.3) is 0 Å². The summed E-state index contributed by atoms with van der Waals surface area (Å²) in [5.74, 6) is 0.618. The topological polar surface area (TPSA) is 57.4 Å². The Morgan fingerprint density at radius 1 is 1.28 bits per heavy atom. The van der Waals surface area contributed by atoms with E-state index in [1.165, 1.54) is 12.1 Å². The summed E-state index contributed by atoms with van der Waals surface area (Å²) >= 11 is 0. The van der Waals surface area contributed by atoms with E-state index < -0.39 is 0 Å². The fourth-order valence-electron chi connectivity index (χ4n) is 1.39. The summed E-state index contributed by atoms with van der Waals surface area (Å²) in [6, 6.07) is 9.05. The van der Waals surface area contributed by atoms with Gasteiger partial charge in [0.05, 0.1) is 12.3 Å². The lowest BCUT2D eigenvalue weighted by Crippen LogP contribution is -2.00. The molecule has 0 saturated carbocycles. The molecule has 94 valence electrons. The third-order valence-corrected chi connectivity index (χ3v) is 2.16. The van der Waals surface area contributed by atoms with Crippen molar-refractivity contribution in [3.05, 3.63) is 42.2 Å². The molecule has 4 nitrogen and oxygen atoms in total. The fraction of sp³-hybridized carbons (Fsp3) is 0.154. The summed E-state index contributed by atoms with van der Waals surface area (Å²) in [5, 5.41) is 0. The van der Waals surface area contributed by atoms with Crippen molar-refractivity contribution in [2.45, 2.75) is 6.92 Å². The number of pyridine rings is 1. The van der Waals surface area contributed by atoms with Crippen molar-refractivity contribution >= 4 is 5.69 Å². The summed E-state index contributed by atoms with van der Waals surface area (Å²) in [7, 11) is 0. The number of aromatic nitrogens is 1. The van der Waals surface area contributed by atoms with Gasteiger partial charge in [-0.05, 0) is 25.1 Å². The fourth-order valence-corrected chi connectivity index (χ4v) is 1.39. The molecule has 0 saturated heterocycles. The smallest absolute Gasteiger partial charge is 0.240 e. The van der Waals surface area contributed by atoms with Crippen molar-refractivity contribution in [2.75, 3.05) is 12.3 Å². The molecule has 0 bridgehead atoms. The highest BCUT2D eigenvalue weighted by atomic mass is 19.1. The van der Waals surface area contributed by atoms with Crippen LogP contribution < -0.4 is 15.2 Å². The largest absolute Gasteiger partial charge is 0.476 e. The van der Waals surface area contributed by atoms with Crippen LogP contribution in [0, 0.1) is 5.82 Å². The van der Waals surface area contributed by atoms with E-state index in [0.717, 1.165) is 0 Å². The van der Waals surface area contributed by atoms with Crippen LogP contribution in [-0.2, 0) is 0 Å². The normalized spacial score (nSPS) is 10.1. The second-order valence-corrected chi connectivity index (χ2v) is 3.54. The van der Waals surface area contributed by atoms with Gasteiger partial charge in [-0.1, -0.05) is 6.07 Å². The van der Waals surface area contributed by atoms with Crippen LogP contribution in [0.1, 0.15) is 6.92 Å². The number of ether oxygens (including phenoxy) is 2.